The molecule has 1 aliphatic rings. The molecule has 12 nitrogen and oxygen atoms in total. The first kappa shape index (κ1) is 70.2. The van der Waals surface area contributed by atoms with E-state index in [1.165, 1.54) is 62.2 Å². The van der Waals surface area contributed by atoms with Crippen LogP contribution in [0.15, 0.2) is 128 Å². The lowest BCUT2D eigenvalue weighted by Gasteiger charge is -2.41. The van der Waals surface area contributed by atoms with E-state index in [1.807, 2.05) is 6.92 Å². The standard InChI is InChI=1S/C61H102O12P2/c1-13-46(2)24-14-25-47(3)26-15-27-48(4)28-16-29-49(5)30-17-31-50(6)32-18-33-51(7)34-19-35-52(8)36-20-37-53(9)38-21-39-54(10)40-22-41-55(11)42-23-43-56(12)45-70-74(66,67)73-75(68,69)72-61-60(65)59(64)58(63)57(44-62)71-61/h13,25,27,29,31,33,35,37,39,41,43,57-65H,14-24,26,28,30,32,34,36,38,40,42,44-45H2,1-12H3,(H,66,67)(H,68,69)/p-2/b46-13-,47-25-,48-27-,49-29-,50-31-,51-33-,52-35-,53-37-,54-39+,55-41+,56-43+/t57-,58-,59+,60-,61-/m1/s1. The second-order valence-corrected chi connectivity index (χ2v) is 24.0. The Morgan fingerprint density at radius 2 is 0.693 bits per heavy atom. The number of hydrogen-bond donors (Lipinski definition) is 4. The minimum Gasteiger partial charge on any atom is -0.756 e. The third-order valence-electron chi connectivity index (χ3n) is 13.5. The summed E-state index contributed by atoms with van der Waals surface area (Å²) in [7, 11) is -11.1. The van der Waals surface area contributed by atoms with Gasteiger partial charge in [0.05, 0.1) is 13.2 Å². The molecule has 1 aliphatic heterocycles. The van der Waals surface area contributed by atoms with E-state index in [2.05, 4.69) is 139 Å². The van der Waals surface area contributed by atoms with E-state index in [-0.39, 0.29) is 0 Å². The van der Waals surface area contributed by atoms with Gasteiger partial charge >= 0.3 is 0 Å². The molecule has 14 heteroatoms. The van der Waals surface area contributed by atoms with Gasteiger partial charge in [0.2, 0.25) is 0 Å². The first-order valence-electron chi connectivity index (χ1n) is 27.5. The summed E-state index contributed by atoms with van der Waals surface area (Å²) >= 11 is 0. The summed E-state index contributed by atoms with van der Waals surface area (Å²) < 4.78 is 42.6. The highest BCUT2D eigenvalue weighted by molar-refractivity contribution is 7.59. The van der Waals surface area contributed by atoms with Crippen LogP contribution in [0.25, 0.3) is 0 Å². The first-order valence-corrected chi connectivity index (χ1v) is 30.4. The smallest absolute Gasteiger partial charge is 0.276 e. The van der Waals surface area contributed by atoms with Gasteiger partial charge in [-0.05, 0) is 212 Å². The van der Waals surface area contributed by atoms with Gasteiger partial charge in [0.15, 0.2) is 6.29 Å². The zero-order valence-corrected chi connectivity index (χ0v) is 50.0. The van der Waals surface area contributed by atoms with Crippen LogP contribution in [0.3, 0.4) is 0 Å². The number of aliphatic hydroxyl groups excluding tert-OH is 4. The zero-order valence-electron chi connectivity index (χ0n) is 48.2. The van der Waals surface area contributed by atoms with Gasteiger partial charge in [-0.1, -0.05) is 128 Å². The van der Waals surface area contributed by atoms with Crippen molar-refractivity contribution >= 4 is 15.6 Å². The summed E-state index contributed by atoms with van der Waals surface area (Å²) in [6, 6.07) is 0. The maximum absolute atomic E-state index is 12.2. The second-order valence-electron chi connectivity index (χ2n) is 21.1. The number of rotatable bonds is 38. The Morgan fingerprint density at radius 3 is 0.960 bits per heavy atom. The summed E-state index contributed by atoms with van der Waals surface area (Å²) in [4.78, 5) is 24.5. The third-order valence-corrected chi connectivity index (χ3v) is 16.1. The lowest BCUT2D eigenvalue weighted by Crippen LogP contribution is -2.59. The van der Waals surface area contributed by atoms with Crippen LogP contribution in [0.1, 0.15) is 212 Å². The Bertz CT molecular complexity index is 2130. The predicted molar refractivity (Wildman–Crippen MR) is 306 cm³/mol. The van der Waals surface area contributed by atoms with Gasteiger partial charge in [0.25, 0.3) is 15.6 Å². The van der Waals surface area contributed by atoms with E-state index < -0.39 is 59.6 Å². The molecule has 0 aliphatic carbocycles. The van der Waals surface area contributed by atoms with E-state index in [0.717, 1.165) is 116 Å². The fraction of sp³-hybridized carbons (Fsp3) is 0.639. The summed E-state index contributed by atoms with van der Waals surface area (Å²) in [5.74, 6) is 0. The van der Waals surface area contributed by atoms with Gasteiger partial charge in [-0.25, -0.2) is 4.31 Å². The summed E-state index contributed by atoms with van der Waals surface area (Å²) in [6.07, 6.45) is 37.1. The Kier molecular flexibility index (Phi) is 37.0. The fourth-order valence-corrected chi connectivity index (χ4v) is 10.3. The van der Waals surface area contributed by atoms with Gasteiger partial charge in [-0.2, -0.15) is 0 Å². The number of aliphatic hydroxyl groups is 4. The van der Waals surface area contributed by atoms with Crippen LogP contribution in [0, 0.1) is 0 Å². The van der Waals surface area contributed by atoms with E-state index in [0.29, 0.717) is 12.0 Å². The minimum absolute atomic E-state index is 0.467. The molecule has 0 aromatic carbocycles. The minimum atomic E-state index is -5.70. The Balaban J connectivity index is 2.30. The van der Waals surface area contributed by atoms with Crippen molar-refractivity contribution in [2.75, 3.05) is 13.2 Å². The Labute approximate surface area is 454 Å². The average Bonchev–Trinajstić information content (AvgIpc) is 3.33. The SMILES string of the molecule is C/C=C(/C)CC/C=C(/C)CC/C=C(/C)CC/C=C(/C)CC/C=C(/C)CC/C=C(/C)CC/C=C(/C)CC/C=C(/C)CC/C=C(\C)CC/C=C(\C)CC/C=C(\C)COP(=O)([O-])OP(=O)([O-])O[C@H]1O[C@H](CO)[C@@H](O)[C@H](O)[C@H]1O. The molecule has 0 amide bonds. The van der Waals surface area contributed by atoms with Crippen molar-refractivity contribution < 1.29 is 57.4 Å². The predicted octanol–water partition coefficient (Wildman–Crippen LogP) is 15.0. The molecule has 0 aromatic rings. The lowest BCUT2D eigenvalue weighted by atomic mass is 10.00. The molecule has 1 saturated heterocycles. The fourth-order valence-electron chi connectivity index (χ4n) is 8.21. The molecule has 0 saturated carbocycles. The van der Waals surface area contributed by atoms with Gasteiger partial charge in [-0.15, -0.1) is 0 Å². The molecule has 0 spiro atoms. The Hall–Kier alpha value is -2.80. The number of hydrogen-bond acceptors (Lipinski definition) is 12. The molecule has 7 atom stereocenters. The van der Waals surface area contributed by atoms with Crippen molar-refractivity contribution in [1.82, 2.24) is 0 Å². The quantitative estimate of drug-likeness (QED) is 0.0338. The maximum atomic E-state index is 12.2. The van der Waals surface area contributed by atoms with Crippen LogP contribution in [0.4, 0.5) is 0 Å². The van der Waals surface area contributed by atoms with Crippen LogP contribution in [0.2, 0.25) is 0 Å². The van der Waals surface area contributed by atoms with Crippen LogP contribution in [-0.4, -0.2) is 64.3 Å². The highest BCUT2D eigenvalue weighted by atomic mass is 31.3. The largest absolute Gasteiger partial charge is 0.756 e. The maximum Gasteiger partial charge on any atom is 0.276 e. The lowest BCUT2D eigenvalue weighted by molar-refractivity contribution is -0.304. The van der Waals surface area contributed by atoms with Gasteiger partial charge in [0.1, 0.15) is 24.4 Å². The van der Waals surface area contributed by atoms with Gasteiger partial charge < -0.3 is 39.5 Å². The number of phosphoric acid groups is 2. The van der Waals surface area contributed by atoms with Gasteiger partial charge in [-0.3, -0.25) is 13.7 Å². The molecule has 4 N–H and O–H groups in total. The molecule has 0 aromatic heterocycles. The topological polar surface area (TPSA) is 198 Å². The molecule has 1 rings (SSSR count). The Morgan fingerprint density at radius 1 is 0.427 bits per heavy atom. The van der Waals surface area contributed by atoms with Crippen molar-refractivity contribution in [3.05, 3.63) is 128 Å². The molecule has 75 heavy (non-hydrogen) atoms. The second kappa shape index (κ2) is 39.5. The van der Waals surface area contributed by atoms with E-state index in [1.54, 1.807) is 13.0 Å². The highest BCUT2D eigenvalue weighted by Gasteiger charge is 2.45. The summed E-state index contributed by atoms with van der Waals surface area (Å²) in [5, 5.41) is 38.9. The molecule has 1 fully saturated rings. The van der Waals surface area contributed by atoms with E-state index in [4.69, 9.17) is 9.26 Å². The average molecular weight is 1090 g/mol. The zero-order chi connectivity index (χ0) is 56.4. The number of allylic oxidation sites excluding steroid dienone is 21. The normalized spacial score (nSPS) is 22.5. The van der Waals surface area contributed by atoms with Crippen LogP contribution < -0.4 is 9.79 Å². The van der Waals surface area contributed by atoms with Crippen LogP contribution in [0.5, 0.6) is 0 Å². The third kappa shape index (κ3) is 35.4. The highest BCUT2D eigenvalue weighted by Crippen LogP contribution is 2.56. The summed E-state index contributed by atoms with van der Waals surface area (Å²) in [5.41, 5.74) is 14.9. The monoisotopic (exact) mass is 1090 g/mol. The molecule has 0 bridgehead atoms. The van der Waals surface area contributed by atoms with E-state index >= 15 is 0 Å². The van der Waals surface area contributed by atoms with Gasteiger partial charge in [0, 0.05) is 0 Å². The van der Waals surface area contributed by atoms with Crippen molar-refractivity contribution in [2.45, 2.75) is 242 Å². The number of phosphoric ester groups is 2. The van der Waals surface area contributed by atoms with E-state index in [9.17, 15) is 39.3 Å². The first-order chi connectivity index (χ1) is 35.4. The van der Waals surface area contributed by atoms with Crippen LogP contribution in [-0.2, 0) is 27.2 Å². The molecule has 0 radical (unpaired) electrons. The summed E-state index contributed by atoms with van der Waals surface area (Å²) in [6.45, 7) is 24.7. The molecule has 428 valence electrons. The van der Waals surface area contributed by atoms with Crippen molar-refractivity contribution in [2.24, 2.45) is 0 Å². The molecular weight excluding hydrogens is 987 g/mol. The molecule has 2 unspecified atom stereocenters. The molecular formula is C61H100O12P2-2. The van der Waals surface area contributed by atoms with Crippen LogP contribution >= 0.6 is 15.6 Å². The van der Waals surface area contributed by atoms with Crippen molar-refractivity contribution in [3.8, 4) is 0 Å². The van der Waals surface area contributed by atoms with Crippen molar-refractivity contribution in [3.63, 3.8) is 0 Å². The number of ether oxygens (including phenoxy) is 1. The molecule has 1 heterocycles. The van der Waals surface area contributed by atoms with Crippen molar-refractivity contribution in [1.29, 1.82) is 0 Å².